The molecule has 2 atom stereocenters. The minimum absolute atomic E-state index is 0.0300. The van der Waals surface area contributed by atoms with Crippen LogP contribution in [0.25, 0.3) is 0 Å². The summed E-state index contributed by atoms with van der Waals surface area (Å²) in [5, 5.41) is 21.1. The highest BCUT2D eigenvalue weighted by Gasteiger charge is 2.25. The van der Waals surface area contributed by atoms with Crippen molar-refractivity contribution >= 4 is 21.8 Å². The highest BCUT2D eigenvalue weighted by atomic mass is 32.2. The largest absolute Gasteiger partial charge is 0.613 e. The molecule has 2 fully saturated rings. The summed E-state index contributed by atoms with van der Waals surface area (Å²) in [6.45, 7) is 1.83. The van der Waals surface area contributed by atoms with Gasteiger partial charge in [0.1, 0.15) is 6.04 Å². The molecule has 8 nitrogen and oxygen atoms in total. The molecule has 1 aliphatic carbocycles. The predicted octanol–water partition coefficient (Wildman–Crippen LogP) is -0.730. The highest BCUT2D eigenvalue weighted by molar-refractivity contribution is 7.99. The van der Waals surface area contributed by atoms with Crippen LogP contribution in [0.15, 0.2) is 0 Å². The van der Waals surface area contributed by atoms with Gasteiger partial charge in [0.15, 0.2) is 0 Å². The average Bonchev–Trinajstić information content (AvgIpc) is 3.00. The van der Waals surface area contributed by atoms with Gasteiger partial charge in [-0.1, -0.05) is 0 Å². The summed E-state index contributed by atoms with van der Waals surface area (Å²) in [6, 6.07) is 2.31. The SMILES string of the molecule is CS(=O)(=O)NC1CCC(CC[NH+]([O-])NCCN2CSCC2C#N)CC1. The smallest absolute Gasteiger partial charge is 0.208 e. The zero-order chi connectivity index (χ0) is 18.3. The van der Waals surface area contributed by atoms with Crippen LogP contribution in [0.3, 0.4) is 0 Å². The maximum Gasteiger partial charge on any atom is 0.208 e. The summed E-state index contributed by atoms with van der Waals surface area (Å²) in [7, 11) is -3.13. The molecule has 0 amide bonds. The number of thioether (sulfide) groups is 1. The van der Waals surface area contributed by atoms with E-state index in [1.165, 1.54) is 6.26 Å². The number of quaternary nitrogens is 1. The number of hydrogen-bond acceptors (Lipinski definition) is 7. The van der Waals surface area contributed by atoms with E-state index in [1.807, 2.05) is 0 Å². The van der Waals surface area contributed by atoms with Crippen molar-refractivity contribution in [3.8, 4) is 6.07 Å². The van der Waals surface area contributed by atoms with Gasteiger partial charge in [0, 0.05) is 30.6 Å². The van der Waals surface area contributed by atoms with E-state index >= 15 is 0 Å². The summed E-state index contributed by atoms with van der Waals surface area (Å²) in [5.74, 6) is 2.21. The van der Waals surface area contributed by atoms with Gasteiger partial charge >= 0.3 is 0 Å². The third-order valence-electron chi connectivity index (χ3n) is 4.85. The van der Waals surface area contributed by atoms with Crippen LogP contribution in [0, 0.1) is 22.5 Å². The zero-order valence-corrected chi connectivity index (χ0v) is 16.4. The van der Waals surface area contributed by atoms with Crippen LogP contribution in [-0.4, -0.2) is 62.9 Å². The van der Waals surface area contributed by atoms with Gasteiger partial charge < -0.3 is 5.21 Å². The molecule has 3 N–H and O–H groups in total. The number of nitrogens with zero attached hydrogens (tertiary/aromatic N) is 2. The van der Waals surface area contributed by atoms with Gasteiger partial charge in [-0.2, -0.15) is 10.7 Å². The van der Waals surface area contributed by atoms with Crippen LogP contribution in [0.5, 0.6) is 0 Å². The Morgan fingerprint density at radius 2 is 2.08 bits per heavy atom. The lowest BCUT2D eigenvalue weighted by Gasteiger charge is -2.30. The second-order valence-corrected chi connectivity index (χ2v) is 9.73. The number of hydroxylamine groups is 1. The summed E-state index contributed by atoms with van der Waals surface area (Å²) >= 11 is 1.75. The van der Waals surface area contributed by atoms with E-state index in [4.69, 9.17) is 5.26 Å². The van der Waals surface area contributed by atoms with E-state index in [9.17, 15) is 13.6 Å². The highest BCUT2D eigenvalue weighted by Crippen LogP contribution is 2.26. The van der Waals surface area contributed by atoms with Crippen LogP contribution in [-0.2, 0) is 10.0 Å². The molecule has 25 heavy (non-hydrogen) atoms. The molecule has 2 unspecified atom stereocenters. The summed E-state index contributed by atoms with van der Waals surface area (Å²) in [6.07, 6.45) is 5.69. The molecule has 1 aliphatic heterocycles. The van der Waals surface area contributed by atoms with Crippen molar-refractivity contribution in [3.05, 3.63) is 5.21 Å². The Hall–Kier alpha value is -0.410. The third-order valence-corrected chi connectivity index (χ3v) is 6.68. The van der Waals surface area contributed by atoms with E-state index in [-0.39, 0.29) is 17.3 Å². The molecule has 144 valence electrons. The number of rotatable bonds is 9. The summed E-state index contributed by atoms with van der Waals surface area (Å²) in [4.78, 5) is 2.10. The molecular weight excluding hydrogens is 362 g/mol. The monoisotopic (exact) mass is 391 g/mol. The Bertz CT molecular complexity index is 546. The number of hydrogen-bond donors (Lipinski definition) is 3. The van der Waals surface area contributed by atoms with Crippen molar-refractivity contribution in [1.82, 2.24) is 15.0 Å². The first-order chi connectivity index (χ1) is 11.9. The third kappa shape index (κ3) is 7.78. The molecule has 0 spiro atoms. The molecule has 1 heterocycles. The van der Waals surface area contributed by atoms with E-state index < -0.39 is 10.0 Å². The fourth-order valence-electron chi connectivity index (χ4n) is 3.45. The maximum absolute atomic E-state index is 12.0. The molecule has 0 aromatic heterocycles. The summed E-state index contributed by atoms with van der Waals surface area (Å²) in [5.41, 5.74) is 2.94. The molecule has 0 aromatic carbocycles. The second-order valence-electron chi connectivity index (χ2n) is 6.95. The minimum atomic E-state index is -3.13. The Balaban J connectivity index is 1.55. The van der Waals surface area contributed by atoms with Crippen LogP contribution >= 0.6 is 11.8 Å². The van der Waals surface area contributed by atoms with Crippen molar-refractivity contribution in [3.63, 3.8) is 0 Å². The first-order valence-corrected chi connectivity index (χ1v) is 11.9. The van der Waals surface area contributed by atoms with Crippen LogP contribution in [0.2, 0.25) is 0 Å². The first-order valence-electron chi connectivity index (χ1n) is 8.83. The molecule has 0 bridgehead atoms. The zero-order valence-electron chi connectivity index (χ0n) is 14.7. The van der Waals surface area contributed by atoms with E-state index in [2.05, 4.69) is 21.1 Å². The Kier molecular flexibility index (Phi) is 8.41. The molecule has 2 aliphatic rings. The van der Waals surface area contributed by atoms with Crippen LogP contribution < -0.4 is 15.3 Å². The number of nitrogens with one attached hydrogen (secondary N) is 3. The lowest BCUT2D eigenvalue weighted by molar-refractivity contribution is -0.896. The lowest BCUT2D eigenvalue weighted by atomic mass is 9.84. The quantitative estimate of drug-likeness (QED) is 0.444. The Labute approximate surface area is 154 Å². The minimum Gasteiger partial charge on any atom is -0.613 e. The fourth-order valence-corrected chi connectivity index (χ4v) is 5.45. The standard InChI is InChI=1S/C15H29N5O3S2/c1-25(22,23)18-14-4-2-13(3-5-14)6-8-20(21)17-7-9-19-12-24-11-15(19)10-16/h13-15,17-18,20H,2-9,11-12H2,1H3. The molecule has 10 heteroatoms. The number of nitriles is 1. The maximum atomic E-state index is 12.0. The Morgan fingerprint density at radius 1 is 1.36 bits per heavy atom. The summed E-state index contributed by atoms with van der Waals surface area (Å²) < 4.78 is 25.2. The molecule has 0 aromatic rings. The average molecular weight is 392 g/mol. The van der Waals surface area contributed by atoms with Gasteiger partial charge in [0.25, 0.3) is 0 Å². The fraction of sp³-hybridized carbons (Fsp3) is 0.933. The van der Waals surface area contributed by atoms with Crippen molar-refractivity contribution < 1.29 is 13.6 Å². The molecular formula is C15H29N5O3S2. The van der Waals surface area contributed by atoms with Gasteiger partial charge in [0.2, 0.25) is 10.0 Å². The number of sulfonamides is 1. The van der Waals surface area contributed by atoms with Gasteiger partial charge in [-0.25, -0.2) is 13.1 Å². The van der Waals surface area contributed by atoms with Gasteiger partial charge in [0.05, 0.1) is 25.4 Å². The van der Waals surface area contributed by atoms with E-state index in [0.717, 1.165) is 50.3 Å². The Morgan fingerprint density at radius 3 is 2.72 bits per heavy atom. The van der Waals surface area contributed by atoms with E-state index in [0.29, 0.717) is 19.0 Å². The van der Waals surface area contributed by atoms with Crippen LogP contribution in [0.4, 0.5) is 0 Å². The van der Waals surface area contributed by atoms with Crippen molar-refractivity contribution in [2.45, 2.75) is 44.2 Å². The molecule has 2 rings (SSSR count). The van der Waals surface area contributed by atoms with Gasteiger partial charge in [-0.3, -0.25) is 10.1 Å². The molecule has 0 radical (unpaired) electrons. The van der Waals surface area contributed by atoms with Crippen molar-refractivity contribution in [2.75, 3.05) is 37.5 Å². The molecule has 1 saturated heterocycles. The normalized spacial score (nSPS) is 29.4. The van der Waals surface area contributed by atoms with Crippen molar-refractivity contribution in [1.29, 1.82) is 5.26 Å². The van der Waals surface area contributed by atoms with Crippen molar-refractivity contribution in [2.24, 2.45) is 5.92 Å². The van der Waals surface area contributed by atoms with Gasteiger partial charge in [-0.15, -0.1) is 11.8 Å². The lowest BCUT2D eigenvalue weighted by Crippen LogP contribution is -3.14. The van der Waals surface area contributed by atoms with Crippen LogP contribution in [0.1, 0.15) is 32.1 Å². The van der Waals surface area contributed by atoms with E-state index in [1.54, 1.807) is 11.8 Å². The second kappa shape index (κ2) is 10.1. The molecule has 1 saturated carbocycles. The van der Waals surface area contributed by atoms with Gasteiger partial charge in [-0.05, 0) is 31.6 Å². The predicted molar refractivity (Wildman–Crippen MR) is 99.0 cm³/mol. The topological polar surface area (TPSA) is 113 Å². The first kappa shape index (κ1) is 20.9.